The third-order valence-electron chi connectivity index (χ3n) is 3.64. The Labute approximate surface area is 127 Å². The summed E-state index contributed by atoms with van der Waals surface area (Å²) in [6.45, 7) is -0.304. The highest BCUT2D eigenvalue weighted by atomic mass is 35.5. The van der Waals surface area contributed by atoms with Gasteiger partial charge in [-0.2, -0.15) is 0 Å². The molecule has 116 valence electrons. The molecule has 1 aliphatic carbocycles. The van der Waals surface area contributed by atoms with Crippen molar-refractivity contribution < 1.29 is 18.4 Å². The topological polar surface area (TPSA) is 110 Å². The van der Waals surface area contributed by atoms with E-state index in [-0.39, 0.29) is 16.5 Å². The lowest BCUT2D eigenvalue weighted by Crippen LogP contribution is -2.49. The molecule has 0 saturated heterocycles. The summed E-state index contributed by atoms with van der Waals surface area (Å²) in [7, 11) is -3.96. The molecule has 0 aliphatic heterocycles. The largest absolute Gasteiger partial charge is 0.394 e. The molecule has 9 heteroatoms. The molecule has 2 N–H and O–H groups in total. The number of nitrogens with zero attached hydrogens (tertiary/aromatic N) is 1. The third-order valence-corrected chi connectivity index (χ3v) is 5.53. The van der Waals surface area contributed by atoms with E-state index in [1.807, 2.05) is 0 Å². The van der Waals surface area contributed by atoms with Gasteiger partial charge in [0.15, 0.2) is 0 Å². The number of benzene rings is 1. The van der Waals surface area contributed by atoms with Crippen LogP contribution in [0.3, 0.4) is 0 Å². The van der Waals surface area contributed by atoms with E-state index in [4.69, 9.17) is 11.6 Å². The van der Waals surface area contributed by atoms with E-state index in [1.165, 1.54) is 12.1 Å². The Kier molecular flexibility index (Phi) is 4.52. The van der Waals surface area contributed by atoms with Crippen LogP contribution in [0.5, 0.6) is 0 Å². The van der Waals surface area contributed by atoms with E-state index < -0.39 is 26.2 Å². The maximum absolute atomic E-state index is 12.4. The van der Waals surface area contributed by atoms with Gasteiger partial charge in [-0.1, -0.05) is 24.4 Å². The van der Waals surface area contributed by atoms with Gasteiger partial charge >= 0.3 is 0 Å². The molecular formula is C12H15ClN2O5S. The molecule has 1 aromatic rings. The molecule has 0 radical (unpaired) electrons. The number of nitrogens with one attached hydrogen (secondary N) is 1. The number of aliphatic hydroxyl groups excluding tert-OH is 1. The first-order valence-electron chi connectivity index (χ1n) is 6.38. The van der Waals surface area contributed by atoms with Gasteiger partial charge in [0, 0.05) is 6.07 Å². The lowest BCUT2D eigenvalue weighted by molar-refractivity contribution is -0.384. The Bertz CT molecular complexity index is 656. The van der Waals surface area contributed by atoms with Crippen LogP contribution in [0.2, 0.25) is 5.02 Å². The number of halogens is 1. The number of hydrogen-bond donors (Lipinski definition) is 2. The molecule has 2 rings (SSSR count). The Morgan fingerprint density at radius 1 is 1.38 bits per heavy atom. The first kappa shape index (κ1) is 16.2. The van der Waals surface area contributed by atoms with Crippen LogP contribution in [0.4, 0.5) is 5.69 Å². The molecule has 0 spiro atoms. The molecular weight excluding hydrogens is 320 g/mol. The van der Waals surface area contributed by atoms with Gasteiger partial charge in [-0.25, -0.2) is 13.1 Å². The third kappa shape index (κ3) is 3.34. The van der Waals surface area contributed by atoms with Crippen molar-refractivity contribution in [1.82, 2.24) is 4.72 Å². The monoisotopic (exact) mass is 334 g/mol. The Hall–Kier alpha value is -1.22. The Morgan fingerprint density at radius 3 is 2.52 bits per heavy atom. The molecule has 0 unspecified atom stereocenters. The molecule has 1 fully saturated rings. The average Bonchev–Trinajstić information content (AvgIpc) is 2.87. The number of nitro benzene ring substituents is 1. The number of sulfonamides is 1. The van der Waals surface area contributed by atoms with E-state index in [9.17, 15) is 23.6 Å². The first-order chi connectivity index (χ1) is 9.80. The van der Waals surface area contributed by atoms with Gasteiger partial charge in [0.25, 0.3) is 5.69 Å². The maximum atomic E-state index is 12.4. The first-order valence-corrected chi connectivity index (χ1v) is 8.25. The lowest BCUT2D eigenvalue weighted by Gasteiger charge is -2.27. The highest BCUT2D eigenvalue weighted by molar-refractivity contribution is 7.89. The highest BCUT2D eigenvalue weighted by Gasteiger charge is 2.37. The lowest BCUT2D eigenvalue weighted by atomic mass is 10.0. The van der Waals surface area contributed by atoms with Gasteiger partial charge < -0.3 is 5.11 Å². The number of hydrogen-bond acceptors (Lipinski definition) is 5. The summed E-state index contributed by atoms with van der Waals surface area (Å²) in [4.78, 5) is 9.86. The minimum absolute atomic E-state index is 0.128. The summed E-state index contributed by atoms with van der Waals surface area (Å²) >= 11 is 5.67. The summed E-state index contributed by atoms with van der Waals surface area (Å²) in [6, 6.07) is 3.30. The van der Waals surface area contributed by atoms with Gasteiger partial charge in [-0.3, -0.25) is 10.1 Å². The van der Waals surface area contributed by atoms with Crippen LogP contribution in [0.1, 0.15) is 25.7 Å². The molecule has 0 atom stereocenters. The SMILES string of the molecule is O=[N+]([O-])c1cc(S(=O)(=O)NC2(CO)CCCC2)ccc1Cl. The fraction of sp³-hybridized carbons (Fsp3) is 0.500. The van der Waals surface area contributed by atoms with Gasteiger partial charge in [0.05, 0.1) is 22.0 Å². The highest BCUT2D eigenvalue weighted by Crippen LogP contribution is 2.32. The Balaban J connectivity index is 2.36. The van der Waals surface area contributed by atoms with E-state index in [0.29, 0.717) is 12.8 Å². The zero-order chi connectivity index (χ0) is 15.7. The quantitative estimate of drug-likeness (QED) is 0.630. The molecule has 0 aromatic heterocycles. The van der Waals surface area contributed by atoms with Gasteiger partial charge in [-0.05, 0) is 25.0 Å². The normalized spacial score (nSPS) is 17.8. The molecule has 1 aromatic carbocycles. The van der Waals surface area contributed by atoms with Crippen LogP contribution < -0.4 is 4.72 Å². The van der Waals surface area contributed by atoms with Crippen molar-refractivity contribution >= 4 is 27.3 Å². The van der Waals surface area contributed by atoms with Gasteiger partial charge in [0.2, 0.25) is 10.0 Å². The second-order valence-electron chi connectivity index (χ2n) is 5.12. The molecule has 1 saturated carbocycles. The predicted octanol–water partition coefficient (Wildman–Crippen LogP) is 1.83. The second-order valence-corrected chi connectivity index (χ2v) is 7.21. The van der Waals surface area contributed by atoms with Crippen molar-refractivity contribution in [2.75, 3.05) is 6.61 Å². The van der Waals surface area contributed by atoms with Crippen LogP contribution >= 0.6 is 11.6 Å². The van der Waals surface area contributed by atoms with Crippen LogP contribution in [0.15, 0.2) is 23.1 Å². The van der Waals surface area contributed by atoms with Crippen molar-refractivity contribution in [2.45, 2.75) is 36.1 Å². The molecule has 1 aliphatic rings. The molecule has 21 heavy (non-hydrogen) atoms. The van der Waals surface area contributed by atoms with Crippen LogP contribution in [-0.2, 0) is 10.0 Å². The van der Waals surface area contributed by atoms with Crippen molar-refractivity contribution in [3.8, 4) is 0 Å². The van der Waals surface area contributed by atoms with Crippen molar-refractivity contribution in [2.24, 2.45) is 0 Å². The number of rotatable bonds is 5. The maximum Gasteiger partial charge on any atom is 0.289 e. The van der Waals surface area contributed by atoms with Crippen LogP contribution in [0.25, 0.3) is 0 Å². The van der Waals surface area contributed by atoms with Gasteiger partial charge in [-0.15, -0.1) is 0 Å². The van der Waals surface area contributed by atoms with Crippen LogP contribution in [-0.4, -0.2) is 30.6 Å². The standard InChI is InChI=1S/C12H15ClN2O5S/c13-10-4-3-9(7-11(10)15(17)18)21(19,20)14-12(8-16)5-1-2-6-12/h3-4,7,14,16H,1-2,5-6,8H2. The minimum atomic E-state index is -3.96. The van der Waals surface area contributed by atoms with E-state index >= 15 is 0 Å². The van der Waals surface area contributed by atoms with E-state index in [1.54, 1.807) is 0 Å². The predicted molar refractivity (Wildman–Crippen MR) is 76.7 cm³/mol. The summed E-state index contributed by atoms with van der Waals surface area (Å²) < 4.78 is 27.2. The van der Waals surface area contributed by atoms with Crippen molar-refractivity contribution in [1.29, 1.82) is 0 Å². The number of nitro groups is 1. The molecule has 0 bridgehead atoms. The zero-order valence-electron chi connectivity index (χ0n) is 11.1. The smallest absolute Gasteiger partial charge is 0.289 e. The molecule has 0 heterocycles. The van der Waals surface area contributed by atoms with Gasteiger partial charge in [0.1, 0.15) is 5.02 Å². The fourth-order valence-electron chi connectivity index (χ4n) is 2.49. The average molecular weight is 335 g/mol. The molecule has 0 amide bonds. The fourth-order valence-corrected chi connectivity index (χ4v) is 4.14. The summed E-state index contributed by atoms with van der Waals surface area (Å²) in [5, 5.41) is 20.2. The number of aliphatic hydroxyl groups is 1. The summed E-state index contributed by atoms with van der Waals surface area (Å²) in [5.74, 6) is 0. The minimum Gasteiger partial charge on any atom is -0.394 e. The van der Waals surface area contributed by atoms with Crippen LogP contribution in [0, 0.1) is 10.1 Å². The Morgan fingerprint density at radius 2 is 2.00 bits per heavy atom. The van der Waals surface area contributed by atoms with E-state index in [0.717, 1.165) is 18.9 Å². The molecule has 7 nitrogen and oxygen atoms in total. The van der Waals surface area contributed by atoms with Crippen molar-refractivity contribution in [3.05, 3.63) is 33.3 Å². The summed E-state index contributed by atoms with van der Waals surface area (Å²) in [5.41, 5.74) is -1.35. The van der Waals surface area contributed by atoms with Crippen molar-refractivity contribution in [3.63, 3.8) is 0 Å². The van der Waals surface area contributed by atoms with E-state index in [2.05, 4.69) is 4.72 Å². The zero-order valence-corrected chi connectivity index (χ0v) is 12.7. The summed E-state index contributed by atoms with van der Waals surface area (Å²) in [6.07, 6.45) is 2.73. The second kappa shape index (κ2) is 5.88.